The van der Waals surface area contributed by atoms with Gasteiger partial charge in [0.25, 0.3) is 0 Å². The second-order valence-electron chi connectivity index (χ2n) is 5.28. The molecule has 0 fully saturated rings. The molecule has 0 radical (unpaired) electrons. The van der Waals surface area contributed by atoms with E-state index < -0.39 is 0 Å². The summed E-state index contributed by atoms with van der Waals surface area (Å²) in [4.78, 5) is 15.7. The summed E-state index contributed by atoms with van der Waals surface area (Å²) in [6.07, 6.45) is 1.77. The number of nitrogens with one attached hydrogen (secondary N) is 1. The van der Waals surface area contributed by atoms with Crippen LogP contribution in [-0.2, 0) is 0 Å². The van der Waals surface area contributed by atoms with Crippen LogP contribution in [0.3, 0.4) is 0 Å². The number of anilines is 3. The summed E-state index contributed by atoms with van der Waals surface area (Å²) in [7, 11) is 0. The van der Waals surface area contributed by atoms with Crippen LogP contribution >= 0.6 is 0 Å². The first-order valence-electron chi connectivity index (χ1n) is 7.32. The van der Waals surface area contributed by atoms with E-state index in [1.165, 1.54) is 6.92 Å². The molecule has 3 aromatic rings. The van der Waals surface area contributed by atoms with Crippen LogP contribution in [0.15, 0.2) is 66.9 Å². The Labute approximate surface area is 135 Å². The third-order valence-electron chi connectivity index (χ3n) is 3.56. The van der Waals surface area contributed by atoms with Gasteiger partial charge in [-0.3, -0.25) is 9.78 Å². The number of carbonyl (C=O) groups is 1. The van der Waals surface area contributed by atoms with Gasteiger partial charge in [-0.05, 0) is 49.4 Å². The van der Waals surface area contributed by atoms with Gasteiger partial charge in [-0.1, -0.05) is 18.2 Å². The van der Waals surface area contributed by atoms with Gasteiger partial charge in [-0.25, -0.2) is 0 Å². The number of carbonyl (C=O) groups excluding carboxylic acids is 1. The van der Waals surface area contributed by atoms with Gasteiger partial charge in [0.15, 0.2) is 5.78 Å². The molecule has 4 heteroatoms. The quantitative estimate of drug-likeness (QED) is 0.557. The molecule has 0 aliphatic rings. The SMILES string of the molecule is CC(=O)c1ccc(Nc2cccc(-c3ccccn3)c2)c(N)c1. The first-order chi connectivity index (χ1) is 11.1. The molecule has 1 heterocycles. The molecule has 0 spiro atoms. The molecule has 23 heavy (non-hydrogen) atoms. The van der Waals surface area contributed by atoms with Gasteiger partial charge in [0.2, 0.25) is 0 Å². The summed E-state index contributed by atoms with van der Waals surface area (Å²) in [6.45, 7) is 1.53. The van der Waals surface area contributed by atoms with E-state index in [2.05, 4.69) is 10.3 Å². The molecule has 0 saturated carbocycles. The van der Waals surface area contributed by atoms with E-state index in [4.69, 9.17) is 5.73 Å². The maximum absolute atomic E-state index is 11.4. The Morgan fingerprint density at radius 1 is 1.04 bits per heavy atom. The zero-order chi connectivity index (χ0) is 16.2. The number of ketones is 1. The van der Waals surface area contributed by atoms with Crippen molar-refractivity contribution in [1.82, 2.24) is 4.98 Å². The number of rotatable bonds is 4. The summed E-state index contributed by atoms with van der Waals surface area (Å²) in [6, 6.07) is 19.0. The largest absolute Gasteiger partial charge is 0.397 e. The van der Waals surface area contributed by atoms with Crippen molar-refractivity contribution in [3.63, 3.8) is 0 Å². The predicted molar refractivity (Wildman–Crippen MR) is 93.8 cm³/mol. The molecule has 0 unspecified atom stereocenters. The molecule has 4 nitrogen and oxygen atoms in total. The van der Waals surface area contributed by atoms with E-state index in [-0.39, 0.29) is 5.78 Å². The Hall–Kier alpha value is -3.14. The minimum atomic E-state index is 0.000370. The van der Waals surface area contributed by atoms with Crippen LogP contribution < -0.4 is 11.1 Å². The summed E-state index contributed by atoms with van der Waals surface area (Å²) >= 11 is 0. The summed E-state index contributed by atoms with van der Waals surface area (Å²) in [5.74, 6) is 0.000370. The fourth-order valence-corrected chi connectivity index (χ4v) is 2.34. The monoisotopic (exact) mass is 303 g/mol. The van der Waals surface area contributed by atoms with Crippen LogP contribution in [-0.4, -0.2) is 10.8 Å². The van der Waals surface area contributed by atoms with Gasteiger partial charge in [-0.15, -0.1) is 0 Å². The van der Waals surface area contributed by atoms with Crippen LogP contribution in [0.25, 0.3) is 11.3 Å². The van der Waals surface area contributed by atoms with Gasteiger partial charge in [0.05, 0.1) is 17.1 Å². The number of benzene rings is 2. The van der Waals surface area contributed by atoms with Crippen LogP contribution in [0.5, 0.6) is 0 Å². The highest BCUT2D eigenvalue weighted by atomic mass is 16.1. The van der Waals surface area contributed by atoms with Gasteiger partial charge in [0, 0.05) is 23.0 Å². The third kappa shape index (κ3) is 3.37. The molecular formula is C19H17N3O. The van der Waals surface area contributed by atoms with E-state index in [0.29, 0.717) is 11.3 Å². The first-order valence-corrected chi connectivity index (χ1v) is 7.32. The van der Waals surface area contributed by atoms with Crippen molar-refractivity contribution in [2.45, 2.75) is 6.92 Å². The standard InChI is InChI=1S/C19H17N3O/c1-13(23)14-8-9-19(17(20)12-14)22-16-6-4-5-15(11-16)18-7-2-3-10-21-18/h2-12,22H,20H2,1H3. The fraction of sp³-hybridized carbons (Fsp3) is 0.0526. The molecule has 0 amide bonds. The first kappa shape index (κ1) is 14.8. The van der Waals surface area contributed by atoms with Gasteiger partial charge in [-0.2, -0.15) is 0 Å². The molecule has 0 bridgehead atoms. The zero-order valence-electron chi connectivity index (χ0n) is 12.8. The second kappa shape index (κ2) is 6.32. The number of aromatic nitrogens is 1. The number of nitrogen functional groups attached to an aromatic ring is 1. The van der Waals surface area contributed by atoms with Crippen molar-refractivity contribution in [2.75, 3.05) is 11.1 Å². The lowest BCUT2D eigenvalue weighted by atomic mass is 10.1. The van der Waals surface area contributed by atoms with Crippen molar-refractivity contribution < 1.29 is 4.79 Å². The van der Waals surface area contributed by atoms with Crippen LogP contribution in [0.1, 0.15) is 17.3 Å². The van der Waals surface area contributed by atoms with Gasteiger partial charge < -0.3 is 11.1 Å². The van der Waals surface area contributed by atoms with Crippen molar-refractivity contribution in [1.29, 1.82) is 0 Å². The maximum atomic E-state index is 11.4. The minimum Gasteiger partial charge on any atom is -0.397 e. The highest BCUT2D eigenvalue weighted by Gasteiger charge is 2.05. The molecule has 2 aromatic carbocycles. The summed E-state index contributed by atoms with van der Waals surface area (Å²) in [5, 5.41) is 3.28. The average Bonchev–Trinajstić information content (AvgIpc) is 2.57. The normalized spacial score (nSPS) is 10.3. The van der Waals surface area contributed by atoms with Crippen molar-refractivity contribution >= 4 is 22.8 Å². The lowest BCUT2D eigenvalue weighted by Gasteiger charge is -2.11. The maximum Gasteiger partial charge on any atom is 0.159 e. The van der Waals surface area contributed by atoms with Crippen LogP contribution in [0, 0.1) is 0 Å². The highest BCUT2D eigenvalue weighted by molar-refractivity contribution is 5.96. The second-order valence-corrected chi connectivity index (χ2v) is 5.28. The van der Waals surface area contributed by atoms with Crippen molar-refractivity contribution in [2.24, 2.45) is 0 Å². The lowest BCUT2D eigenvalue weighted by molar-refractivity contribution is 0.101. The zero-order valence-corrected chi connectivity index (χ0v) is 12.8. The molecule has 0 atom stereocenters. The molecule has 1 aromatic heterocycles. The van der Waals surface area contributed by atoms with Crippen LogP contribution in [0.2, 0.25) is 0 Å². The number of hydrogen-bond donors (Lipinski definition) is 2. The Kier molecular flexibility index (Phi) is 4.06. The number of nitrogens with two attached hydrogens (primary N) is 1. The number of hydrogen-bond acceptors (Lipinski definition) is 4. The van der Waals surface area contributed by atoms with Crippen LogP contribution in [0.4, 0.5) is 17.1 Å². The smallest absolute Gasteiger partial charge is 0.159 e. The summed E-state index contributed by atoms with van der Waals surface area (Å²) < 4.78 is 0. The van der Waals surface area contributed by atoms with E-state index in [1.807, 2.05) is 48.5 Å². The van der Waals surface area contributed by atoms with E-state index in [1.54, 1.807) is 18.3 Å². The Balaban J connectivity index is 1.88. The Bertz CT molecular complexity index is 844. The predicted octanol–water partition coefficient (Wildman–Crippen LogP) is 4.28. The molecule has 0 aliphatic heterocycles. The molecular weight excluding hydrogens is 286 g/mol. The van der Waals surface area contributed by atoms with Crippen molar-refractivity contribution in [3.05, 3.63) is 72.4 Å². The Morgan fingerprint density at radius 3 is 2.61 bits per heavy atom. The topological polar surface area (TPSA) is 68.0 Å². The van der Waals surface area contributed by atoms with E-state index in [9.17, 15) is 4.79 Å². The minimum absolute atomic E-state index is 0.000370. The molecule has 0 saturated heterocycles. The highest BCUT2D eigenvalue weighted by Crippen LogP contribution is 2.27. The lowest BCUT2D eigenvalue weighted by Crippen LogP contribution is -2.00. The fourth-order valence-electron chi connectivity index (χ4n) is 2.34. The average molecular weight is 303 g/mol. The number of pyridine rings is 1. The van der Waals surface area contributed by atoms with E-state index >= 15 is 0 Å². The third-order valence-corrected chi connectivity index (χ3v) is 3.56. The summed E-state index contributed by atoms with van der Waals surface area (Å²) in [5.41, 5.74) is 10.8. The molecule has 3 N–H and O–H groups in total. The van der Waals surface area contributed by atoms with Crippen molar-refractivity contribution in [3.8, 4) is 11.3 Å². The van der Waals surface area contributed by atoms with Gasteiger partial charge >= 0.3 is 0 Å². The number of Topliss-reactive ketones (excluding diaryl/α,β-unsaturated/α-hetero) is 1. The molecule has 114 valence electrons. The number of nitrogens with zero attached hydrogens (tertiary/aromatic N) is 1. The molecule has 0 aliphatic carbocycles. The Morgan fingerprint density at radius 2 is 1.91 bits per heavy atom. The van der Waals surface area contributed by atoms with Gasteiger partial charge in [0.1, 0.15) is 0 Å². The molecule has 3 rings (SSSR count). The van der Waals surface area contributed by atoms with E-state index in [0.717, 1.165) is 22.6 Å².